The number of aryl methyl sites for hydroxylation is 2. The summed E-state index contributed by atoms with van der Waals surface area (Å²) in [5, 5.41) is 19.0. The second-order valence-electron chi connectivity index (χ2n) is 7.55. The van der Waals surface area contributed by atoms with Crippen LogP contribution < -0.4 is 10.5 Å². The van der Waals surface area contributed by atoms with Gasteiger partial charge < -0.3 is 9.64 Å². The van der Waals surface area contributed by atoms with Crippen molar-refractivity contribution < 1.29 is 4.74 Å². The lowest BCUT2D eigenvalue weighted by Gasteiger charge is -2.27. The minimum absolute atomic E-state index is 0.0707. The number of hydrogen-bond donors (Lipinski definition) is 0. The van der Waals surface area contributed by atoms with Gasteiger partial charge in [-0.05, 0) is 26.0 Å². The standard InChI is InChI=1S/C20H24N8O2S/c1-4-27-19(26-7-9-30-10-8-26)23-24-20(27)31-12-16-21-22-18-25(3)17(29)14-11-13(2)5-6-15(14)28(16)18/h5-6,11H,4,7-10,12H2,1-3H3. The van der Waals surface area contributed by atoms with E-state index < -0.39 is 0 Å². The van der Waals surface area contributed by atoms with Crippen molar-refractivity contribution in [3.63, 3.8) is 0 Å². The number of rotatable bonds is 5. The van der Waals surface area contributed by atoms with Crippen molar-refractivity contribution in [3.05, 3.63) is 39.9 Å². The fourth-order valence-corrected chi connectivity index (χ4v) is 4.85. The summed E-state index contributed by atoms with van der Waals surface area (Å²) in [5.41, 5.74) is 1.79. The van der Waals surface area contributed by atoms with E-state index in [4.69, 9.17) is 4.74 Å². The Morgan fingerprint density at radius 1 is 1.13 bits per heavy atom. The highest BCUT2D eigenvalue weighted by atomic mass is 32.2. The topological polar surface area (TPSA) is 95.4 Å². The van der Waals surface area contributed by atoms with E-state index in [-0.39, 0.29) is 5.56 Å². The van der Waals surface area contributed by atoms with Gasteiger partial charge in [0.1, 0.15) is 5.82 Å². The van der Waals surface area contributed by atoms with Crippen LogP contribution in [0.3, 0.4) is 0 Å². The van der Waals surface area contributed by atoms with Crippen LogP contribution >= 0.6 is 11.8 Å². The molecule has 11 heteroatoms. The number of ether oxygens (including phenoxy) is 1. The van der Waals surface area contributed by atoms with Crippen LogP contribution in [0.1, 0.15) is 18.3 Å². The molecule has 1 aliphatic heterocycles. The maximum absolute atomic E-state index is 12.8. The van der Waals surface area contributed by atoms with Crippen LogP contribution in [0.4, 0.5) is 5.95 Å². The lowest BCUT2D eigenvalue weighted by Crippen LogP contribution is -2.38. The Hall–Kier alpha value is -2.92. The maximum atomic E-state index is 12.8. The molecule has 0 saturated carbocycles. The van der Waals surface area contributed by atoms with E-state index >= 15 is 0 Å². The number of nitrogens with zero attached hydrogens (tertiary/aromatic N) is 8. The third-order valence-electron chi connectivity index (χ3n) is 5.58. The molecule has 162 valence electrons. The van der Waals surface area contributed by atoms with Gasteiger partial charge in [-0.2, -0.15) is 0 Å². The first-order valence-corrected chi connectivity index (χ1v) is 11.3. The van der Waals surface area contributed by atoms with Crippen molar-refractivity contribution >= 4 is 34.4 Å². The second-order valence-corrected chi connectivity index (χ2v) is 8.49. The molecule has 31 heavy (non-hydrogen) atoms. The molecule has 0 spiro atoms. The van der Waals surface area contributed by atoms with Crippen molar-refractivity contribution in [1.82, 2.24) is 33.9 Å². The van der Waals surface area contributed by atoms with Crippen molar-refractivity contribution in [2.75, 3.05) is 31.2 Å². The normalized spacial score (nSPS) is 14.7. The molecule has 4 aromatic rings. The zero-order valence-corrected chi connectivity index (χ0v) is 18.6. The van der Waals surface area contributed by atoms with E-state index in [2.05, 4.69) is 36.8 Å². The summed E-state index contributed by atoms with van der Waals surface area (Å²) in [5.74, 6) is 2.73. The molecule has 1 aliphatic rings. The van der Waals surface area contributed by atoms with Crippen LogP contribution in [-0.2, 0) is 24.1 Å². The lowest BCUT2D eigenvalue weighted by molar-refractivity contribution is 0.121. The number of morpholine rings is 1. The summed E-state index contributed by atoms with van der Waals surface area (Å²) in [6, 6.07) is 5.87. The predicted molar refractivity (Wildman–Crippen MR) is 119 cm³/mol. The van der Waals surface area contributed by atoms with E-state index in [1.54, 1.807) is 23.4 Å². The second kappa shape index (κ2) is 7.97. The summed E-state index contributed by atoms with van der Waals surface area (Å²) >= 11 is 1.57. The van der Waals surface area contributed by atoms with Gasteiger partial charge >= 0.3 is 0 Å². The van der Waals surface area contributed by atoms with Crippen LogP contribution in [-0.4, -0.2) is 60.2 Å². The Labute approximate surface area is 182 Å². The number of benzene rings is 1. The number of anilines is 1. The zero-order chi connectivity index (χ0) is 21.5. The summed E-state index contributed by atoms with van der Waals surface area (Å²) in [6.07, 6.45) is 0. The molecule has 10 nitrogen and oxygen atoms in total. The van der Waals surface area contributed by atoms with E-state index in [0.29, 0.717) is 30.1 Å². The zero-order valence-electron chi connectivity index (χ0n) is 17.8. The Bertz CT molecular complexity index is 1320. The molecule has 0 unspecified atom stereocenters. The molecule has 0 atom stereocenters. The third kappa shape index (κ3) is 3.37. The molecule has 1 fully saturated rings. The minimum atomic E-state index is -0.0707. The average Bonchev–Trinajstić information content (AvgIpc) is 3.40. The first-order valence-electron chi connectivity index (χ1n) is 10.3. The molecular weight excluding hydrogens is 416 g/mol. The van der Waals surface area contributed by atoms with Crippen molar-refractivity contribution in [3.8, 4) is 0 Å². The molecule has 0 aliphatic carbocycles. The van der Waals surface area contributed by atoms with Gasteiger partial charge in [-0.15, -0.1) is 20.4 Å². The molecule has 1 saturated heterocycles. The Kier molecular flexibility index (Phi) is 5.14. The van der Waals surface area contributed by atoms with Crippen LogP contribution in [0, 0.1) is 6.92 Å². The van der Waals surface area contributed by atoms with Crippen LogP contribution in [0.2, 0.25) is 0 Å². The van der Waals surface area contributed by atoms with Gasteiger partial charge in [-0.1, -0.05) is 23.4 Å². The lowest BCUT2D eigenvalue weighted by atomic mass is 10.1. The molecule has 0 amide bonds. The summed E-state index contributed by atoms with van der Waals surface area (Å²) in [4.78, 5) is 15.0. The highest BCUT2D eigenvalue weighted by Crippen LogP contribution is 2.26. The third-order valence-corrected chi connectivity index (χ3v) is 6.54. The number of thioether (sulfide) groups is 1. The Morgan fingerprint density at radius 3 is 2.71 bits per heavy atom. The van der Waals surface area contributed by atoms with E-state index in [9.17, 15) is 4.79 Å². The average molecular weight is 441 g/mol. The van der Waals surface area contributed by atoms with Crippen LogP contribution in [0.25, 0.3) is 16.7 Å². The smallest absolute Gasteiger partial charge is 0.262 e. The summed E-state index contributed by atoms with van der Waals surface area (Å²) in [7, 11) is 1.73. The van der Waals surface area contributed by atoms with Gasteiger partial charge in [0.25, 0.3) is 5.56 Å². The fraction of sp³-hybridized carbons (Fsp3) is 0.450. The molecule has 0 bridgehead atoms. The molecular formula is C20H24N8O2S. The van der Waals surface area contributed by atoms with Gasteiger partial charge in [0.2, 0.25) is 11.7 Å². The van der Waals surface area contributed by atoms with E-state index in [0.717, 1.165) is 47.6 Å². The largest absolute Gasteiger partial charge is 0.378 e. The number of hydrogen-bond acceptors (Lipinski definition) is 8. The molecule has 4 heterocycles. The summed E-state index contributed by atoms with van der Waals surface area (Å²) in [6.45, 7) is 7.89. The van der Waals surface area contributed by atoms with Gasteiger partial charge in [-0.25, -0.2) is 0 Å². The van der Waals surface area contributed by atoms with Crippen LogP contribution in [0.15, 0.2) is 28.2 Å². The Morgan fingerprint density at radius 2 is 1.94 bits per heavy atom. The minimum Gasteiger partial charge on any atom is -0.378 e. The van der Waals surface area contributed by atoms with E-state index in [1.807, 2.05) is 29.5 Å². The number of aromatic nitrogens is 7. The molecule has 3 aromatic heterocycles. The highest BCUT2D eigenvalue weighted by Gasteiger charge is 2.21. The molecule has 1 aromatic carbocycles. The van der Waals surface area contributed by atoms with Gasteiger partial charge in [0.05, 0.1) is 29.9 Å². The van der Waals surface area contributed by atoms with Gasteiger partial charge in [0.15, 0.2) is 5.16 Å². The van der Waals surface area contributed by atoms with Crippen molar-refractivity contribution in [2.45, 2.75) is 31.3 Å². The van der Waals surface area contributed by atoms with Crippen molar-refractivity contribution in [1.29, 1.82) is 0 Å². The quantitative estimate of drug-likeness (QED) is 0.432. The van der Waals surface area contributed by atoms with E-state index in [1.165, 1.54) is 0 Å². The van der Waals surface area contributed by atoms with Crippen LogP contribution in [0.5, 0.6) is 0 Å². The maximum Gasteiger partial charge on any atom is 0.262 e. The molecule has 0 radical (unpaired) electrons. The predicted octanol–water partition coefficient (Wildman–Crippen LogP) is 1.63. The fourth-order valence-electron chi connectivity index (χ4n) is 3.94. The highest BCUT2D eigenvalue weighted by molar-refractivity contribution is 7.98. The molecule has 5 rings (SSSR count). The van der Waals surface area contributed by atoms with Crippen molar-refractivity contribution in [2.24, 2.45) is 7.05 Å². The van der Waals surface area contributed by atoms with Gasteiger partial charge in [0, 0.05) is 26.7 Å². The first-order chi connectivity index (χ1) is 15.1. The monoisotopic (exact) mass is 440 g/mol. The van der Waals surface area contributed by atoms with Gasteiger partial charge in [-0.3, -0.25) is 18.3 Å². The SMILES string of the molecule is CCn1c(SCc2nnc3n(C)c(=O)c4cc(C)ccc4n23)nnc1N1CCOCC1. The molecule has 0 N–H and O–H groups in total. The number of fused-ring (bicyclic) bond motifs is 3. The first kappa shape index (κ1) is 20.0. The Balaban J connectivity index is 1.50. The summed E-state index contributed by atoms with van der Waals surface area (Å²) < 4.78 is 11.1.